The Morgan fingerprint density at radius 2 is 1.84 bits per heavy atom. The van der Waals surface area contributed by atoms with Crippen molar-refractivity contribution in [1.82, 2.24) is 24.0 Å². The van der Waals surface area contributed by atoms with Gasteiger partial charge in [0.15, 0.2) is 17.9 Å². The molecule has 0 saturated carbocycles. The number of aldehydes is 1. The zero-order chi connectivity index (χ0) is 32.3. The number of pyridine rings is 1. The summed E-state index contributed by atoms with van der Waals surface area (Å²) in [4.78, 5) is 51.2. The summed E-state index contributed by atoms with van der Waals surface area (Å²) < 4.78 is 47.4. The van der Waals surface area contributed by atoms with Crippen LogP contribution in [0.25, 0.3) is 22.2 Å². The summed E-state index contributed by atoms with van der Waals surface area (Å²) in [7, 11) is 1.99. The highest BCUT2D eigenvalue weighted by Crippen LogP contribution is 2.36. The Morgan fingerprint density at radius 1 is 1.13 bits per heavy atom. The number of carbonyl (C=O) groups excluding carboxylic acids is 2. The minimum atomic E-state index is -1.66. The van der Waals surface area contributed by atoms with Gasteiger partial charge in [0.1, 0.15) is 28.9 Å². The van der Waals surface area contributed by atoms with E-state index in [1.54, 1.807) is 0 Å². The largest absolute Gasteiger partial charge is 0.504 e. The highest BCUT2D eigenvalue weighted by atomic mass is 35.5. The van der Waals surface area contributed by atoms with E-state index in [0.29, 0.717) is 31.0 Å². The molecule has 2 atom stereocenters. The summed E-state index contributed by atoms with van der Waals surface area (Å²) in [5.41, 5.74) is -1.62. The number of hydrogen-bond acceptors (Lipinski definition) is 8. The van der Waals surface area contributed by atoms with Gasteiger partial charge in [-0.15, -0.1) is 0 Å². The number of aromatic nitrogens is 4. The van der Waals surface area contributed by atoms with E-state index in [2.05, 4.69) is 20.2 Å². The van der Waals surface area contributed by atoms with Gasteiger partial charge in [-0.2, -0.15) is 8.78 Å². The molecule has 0 bridgehead atoms. The lowest BCUT2D eigenvalue weighted by atomic mass is 10.0. The number of anilines is 2. The summed E-state index contributed by atoms with van der Waals surface area (Å²) in [5.74, 6) is -5.17. The molecular formula is C30H29ClF3N7O4. The van der Waals surface area contributed by atoms with Gasteiger partial charge >= 0.3 is 0 Å². The van der Waals surface area contributed by atoms with Gasteiger partial charge in [-0.1, -0.05) is 11.6 Å². The van der Waals surface area contributed by atoms with Crippen molar-refractivity contribution < 1.29 is 27.9 Å². The molecule has 15 heteroatoms. The molecule has 45 heavy (non-hydrogen) atoms. The Kier molecular flexibility index (Phi) is 7.81. The molecule has 2 N–H and O–H groups in total. The highest BCUT2D eigenvalue weighted by molar-refractivity contribution is 6.33. The molecule has 1 fully saturated rings. The van der Waals surface area contributed by atoms with Crippen LogP contribution in [0.3, 0.4) is 0 Å². The van der Waals surface area contributed by atoms with E-state index in [-0.39, 0.29) is 40.7 Å². The molecule has 3 aromatic heterocycles. The van der Waals surface area contributed by atoms with Crippen molar-refractivity contribution in [3.63, 3.8) is 0 Å². The maximum absolute atomic E-state index is 15.2. The maximum atomic E-state index is 15.2. The molecule has 1 saturated heterocycles. The van der Waals surface area contributed by atoms with Gasteiger partial charge in [-0.05, 0) is 33.4 Å². The Bertz CT molecular complexity index is 1930. The van der Waals surface area contributed by atoms with E-state index < -0.39 is 57.5 Å². The van der Waals surface area contributed by atoms with Crippen LogP contribution in [0.2, 0.25) is 5.02 Å². The Hall–Kier alpha value is -4.43. The van der Waals surface area contributed by atoms with Crippen LogP contribution in [0.15, 0.2) is 23.1 Å². The zero-order valence-electron chi connectivity index (χ0n) is 24.6. The summed E-state index contributed by atoms with van der Waals surface area (Å²) in [6.45, 7) is 5.31. The van der Waals surface area contributed by atoms with Gasteiger partial charge in [-0.25, -0.2) is 14.4 Å². The summed E-state index contributed by atoms with van der Waals surface area (Å²) in [6.07, 6.45) is 2.55. The molecule has 5 heterocycles. The predicted octanol–water partition coefficient (Wildman–Crippen LogP) is 3.96. The molecule has 0 radical (unpaired) electrons. The molecular weight excluding hydrogens is 615 g/mol. The first kappa shape index (κ1) is 30.6. The molecule has 0 aliphatic carbocycles. The van der Waals surface area contributed by atoms with E-state index in [0.717, 1.165) is 19.2 Å². The first-order valence-electron chi connectivity index (χ1n) is 14.3. The van der Waals surface area contributed by atoms with E-state index in [1.807, 2.05) is 25.8 Å². The maximum Gasteiger partial charge on any atom is 0.263 e. The third-order valence-corrected chi connectivity index (χ3v) is 8.68. The van der Waals surface area contributed by atoms with Crippen molar-refractivity contribution in [1.29, 1.82) is 0 Å². The van der Waals surface area contributed by atoms with Crippen molar-refractivity contribution in [2.45, 2.75) is 51.9 Å². The number of phenols is 1. The van der Waals surface area contributed by atoms with Gasteiger partial charge in [0.2, 0.25) is 17.7 Å². The SMILES string of the molecule is CC1CN(C)C[C@H](C)N1c1cc(NC(=O)Cn2cc(-c3cc(C=O)c(O)c(F)c3F)c3c(=O)n4c(nc32)CCC4)c(Cl)c(F)n1. The van der Waals surface area contributed by atoms with Crippen LogP contribution >= 0.6 is 11.6 Å². The lowest BCUT2D eigenvalue weighted by Crippen LogP contribution is -2.56. The molecule has 4 aromatic rings. The van der Waals surface area contributed by atoms with E-state index in [9.17, 15) is 28.3 Å². The molecule has 2 aliphatic heterocycles. The molecule has 0 spiro atoms. The second-order valence-electron chi connectivity index (χ2n) is 11.6. The van der Waals surface area contributed by atoms with Crippen molar-refractivity contribution in [3.05, 3.63) is 62.7 Å². The second-order valence-corrected chi connectivity index (χ2v) is 12.0. The van der Waals surface area contributed by atoms with E-state index >= 15 is 4.39 Å². The molecule has 1 aromatic carbocycles. The number of carbonyl (C=O) groups is 2. The average molecular weight is 644 g/mol. The summed E-state index contributed by atoms with van der Waals surface area (Å²) in [6, 6.07) is 2.42. The number of aryl methyl sites for hydroxylation is 1. The fourth-order valence-electron chi connectivity index (χ4n) is 6.47. The van der Waals surface area contributed by atoms with Crippen LogP contribution < -0.4 is 15.8 Å². The Morgan fingerprint density at radius 3 is 2.53 bits per heavy atom. The standard InChI is InChI=1S/C30H29ClF3N7O4/c1-14-9-38(3)10-15(2)41(14)21-8-19(24(31)28(34)36-21)35-22(43)12-39-11-18(17-7-16(13-42)27(44)26(33)25(17)32)23-29(39)37-20-5-4-6-40(20)30(23)45/h7-8,11,13-15,44H,4-6,9-10,12H2,1-3H3,(H,35,36,43)/t14-,15?/m0/s1. The van der Waals surface area contributed by atoms with Crippen LogP contribution in [0.1, 0.15) is 36.5 Å². The molecule has 2 aliphatic rings. The number of likely N-dealkylation sites (N-methyl/N-ethyl adjacent to an activating group) is 1. The Labute approximate surface area is 259 Å². The quantitative estimate of drug-likeness (QED) is 0.239. The number of halogens is 4. The normalized spacial score (nSPS) is 18.4. The zero-order valence-corrected chi connectivity index (χ0v) is 25.3. The highest BCUT2D eigenvalue weighted by Gasteiger charge is 2.31. The van der Waals surface area contributed by atoms with Gasteiger partial charge in [-0.3, -0.25) is 19.0 Å². The fraction of sp³-hybridized carbons (Fsp3) is 0.367. The first-order valence-corrected chi connectivity index (χ1v) is 14.7. The number of amides is 1. The number of nitrogens with one attached hydrogen (secondary N) is 1. The number of hydrogen-bond donors (Lipinski definition) is 2. The number of fused-ring (bicyclic) bond motifs is 2. The van der Waals surface area contributed by atoms with Crippen LogP contribution in [0.4, 0.5) is 24.7 Å². The summed E-state index contributed by atoms with van der Waals surface area (Å²) in [5, 5.41) is 12.0. The number of rotatable bonds is 6. The summed E-state index contributed by atoms with van der Waals surface area (Å²) >= 11 is 6.22. The third kappa shape index (κ3) is 5.21. The smallest absolute Gasteiger partial charge is 0.263 e. The van der Waals surface area contributed by atoms with Crippen molar-refractivity contribution in [2.24, 2.45) is 0 Å². The lowest BCUT2D eigenvalue weighted by Gasteiger charge is -2.44. The first-order chi connectivity index (χ1) is 21.4. The Balaban J connectivity index is 1.40. The molecule has 1 amide bonds. The lowest BCUT2D eigenvalue weighted by molar-refractivity contribution is -0.116. The monoisotopic (exact) mass is 643 g/mol. The molecule has 6 rings (SSSR count). The second kappa shape index (κ2) is 11.5. The molecule has 1 unspecified atom stereocenters. The number of benzene rings is 1. The number of nitrogens with zero attached hydrogens (tertiary/aromatic N) is 6. The van der Waals surface area contributed by atoms with E-state index in [4.69, 9.17) is 11.6 Å². The van der Waals surface area contributed by atoms with E-state index in [1.165, 1.54) is 21.4 Å². The van der Waals surface area contributed by atoms with Gasteiger partial charge in [0.05, 0.1) is 16.6 Å². The van der Waals surface area contributed by atoms with Gasteiger partial charge in [0, 0.05) is 61.5 Å². The number of piperazine rings is 1. The van der Waals surface area contributed by atoms with Gasteiger partial charge in [0.25, 0.3) is 5.56 Å². The topological polar surface area (TPSA) is 126 Å². The van der Waals surface area contributed by atoms with Gasteiger partial charge < -0.3 is 24.8 Å². The molecule has 236 valence electrons. The van der Waals surface area contributed by atoms with Crippen molar-refractivity contribution >= 4 is 46.3 Å². The average Bonchev–Trinajstić information content (AvgIpc) is 3.59. The van der Waals surface area contributed by atoms with Crippen LogP contribution in [-0.4, -0.2) is 73.5 Å². The van der Waals surface area contributed by atoms with Crippen LogP contribution in [0, 0.1) is 17.6 Å². The van der Waals surface area contributed by atoms with Crippen LogP contribution in [-0.2, 0) is 24.3 Å². The molecule has 11 nitrogen and oxygen atoms in total. The van der Waals surface area contributed by atoms with Crippen molar-refractivity contribution in [3.8, 4) is 16.9 Å². The fourth-order valence-corrected chi connectivity index (χ4v) is 6.61. The van der Waals surface area contributed by atoms with Crippen LogP contribution in [0.5, 0.6) is 5.75 Å². The number of aromatic hydroxyl groups is 1. The predicted molar refractivity (Wildman–Crippen MR) is 161 cm³/mol. The minimum Gasteiger partial charge on any atom is -0.504 e. The number of phenolic OH excluding ortho intramolecular Hbond substituents is 1. The third-order valence-electron chi connectivity index (χ3n) is 8.32. The van der Waals surface area contributed by atoms with Crippen molar-refractivity contribution in [2.75, 3.05) is 30.4 Å². The minimum absolute atomic E-state index is 0.00291.